The molecule has 0 saturated heterocycles. The number of phenols is 1. The molecule has 40 heavy (non-hydrogen) atoms. The number of hydrogen-bond donors (Lipinski definition) is 1. The van der Waals surface area contributed by atoms with E-state index in [1.807, 2.05) is 88.6 Å². The van der Waals surface area contributed by atoms with Gasteiger partial charge in [0.25, 0.3) is 0 Å². The number of carbonyl (C=O) groups excluding carboxylic acids is 1. The molecular formula is C30H38N6O4. The van der Waals surface area contributed by atoms with E-state index in [1.54, 1.807) is 25.2 Å². The summed E-state index contributed by atoms with van der Waals surface area (Å²) in [6, 6.07) is 14.7. The molecule has 212 valence electrons. The summed E-state index contributed by atoms with van der Waals surface area (Å²) in [5.41, 5.74) is 3.42. The highest BCUT2D eigenvalue weighted by Crippen LogP contribution is 2.34. The van der Waals surface area contributed by atoms with Gasteiger partial charge in [-0.2, -0.15) is 10.2 Å². The Morgan fingerprint density at radius 1 is 1.05 bits per heavy atom. The molecule has 1 unspecified atom stereocenters. The third kappa shape index (κ3) is 6.27. The molecule has 1 N–H and O–H groups in total. The minimum Gasteiger partial charge on any atom is -0.508 e. The van der Waals surface area contributed by atoms with E-state index in [4.69, 9.17) is 14.6 Å². The normalized spacial score (nSPS) is 12.3. The van der Waals surface area contributed by atoms with Crippen molar-refractivity contribution in [3.05, 3.63) is 65.5 Å². The number of aromatic hydroxyl groups is 1. The number of carbonyl (C=O) groups is 1. The zero-order valence-electron chi connectivity index (χ0n) is 24.5. The average Bonchev–Trinajstić information content (AvgIpc) is 3.23. The summed E-state index contributed by atoms with van der Waals surface area (Å²) in [5.74, 6) is 1.43. The number of anilines is 1. The van der Waals surface area contributed by atoms with Crippen molar-refractivity contribution in [2.24, 2.45) is 0 Å². The predicted molar refractivity (Wildman–Crippen MR) is 155 cm³/mol. The van der Waals surface area contributed by atoms with Gasteiger partial charge in [-0.15, -0.1) is 5.10 Å². The lowest BCUT2D eigenvalue weighted by atomic mass is 10.1. The monoisotopic (exact) mass is 546 g/mol. The standard InChI is InChI=1S/C30H38N6O4/c1-19-26-20(2)36(33-27(26)28(32-31-19)34(6)7)23-14-9-10-15-25(23)39-24(21-12-11-13-22(37)18-21)16-17-35(8)29(38)40-30(3,4)5/h9-15,18,24,37H,16-17H2,1-8H3. The maximum absolute atomic E-state index is 12.6. The molecule has 0 aliphatic carbocycles. The highest BCUT2D eigenvalue weighted by atomic mass is 16.6. The second kappa shape index (κ2) is 11.4. The van der Waals surface area contributed by atoms with Crippen LogP contribution in [0.25, 0.3) is 16.6 Å². The van der Waals surface area contributed by atoms with Gasteiger partial charge in [0.05, 0.1) is 16.8 Å². The molecule has 1 atom stereocenters. The van der Waals surface area contributed by atoms with E-state index in [0.717, 1.165) is 33.5 Å². The van der Waals surface area contributed by atoms with Gasteiger partial charge >= 0.3 is 6.09 Å². The van der Waals surface area contributed by atoms with Gasteiger partial charge in [0.1, 0.15) is 34.4 Å². The van der Waals surface area contributed by atoms with Crippen LogP contribution in [-0.4, -0.2) is 69.4 Å². The zero-order valence-corrected chi connectivity index (χ0v) is 24.5. The Kier molecular flexibility index (Phi) is 8.18. The van der Waals surface area contributed by atoms with E-state index < -0.39 is 17.8 Å². The zero-order chi connectivity index (χ0) is 29.2. The highest BCUT2D eigenvalue weighted by molar-refractivity contribution is 5.92. The molecule has 0 spiro atoms. The number of aryl methyl sites for hydroxylation is 2. The van der Waals surface area contributed by atoms with Crippen molar-refractivity contribution in [3.8, 4) is 17.2 Å². The number of para-hydroxylation sites is 2. The third-order valence-corrected chi connectivity index (χ3v) is 6.44. The average molecular weight is 547 g/mol. The van der Waals surface area contributed by atoms with Crippen LogP contribution in [0.1, 0.15) is 50.2 Å². The molecular weight excluding hydrogens is 508 g/mol. The fourth-order valence-corrected chi connectivity index (χ4v) is 4.49. The molecule has 0 aliphatic rings. The largest absolute Gasteiger partial charge is 0.508 e. The molecule has 4 rings (SSSR count). The first-order valence-electron chi connectivity index (χ1n) is 13.2. The molecule has 4 aromatic rings. The van der Waals surface area contributed by atoms with Gasteiger partial charge in [0.15, 0.2) is 5.82 Å². The van der Waals surface area contributed by atoms with Crippen molar-refractivity contribution >= 4 is 22.8 Å². The quantitative estimate of drug-likeness (QED) is 0.305. The highest BCUT2D eigenvalue weighted by Gasteiger charge is 2.24. The summed E-state index contributed by atoms with van der Waals surface area (Å²) < 4.78 is 14.0. The van der Waals surface area contributed by atoms with Gasteiger partial charge < -0.3 is 24.4 Å². The van der Waals surface area contributed by atoms with Crippen LogP contribution in [0, 0.1) is 13.8 Å². The van der Waals surface area contributed by atoms with Gasteiger partial charge in [-0.25, -0.2) is 9.48 Å². The summed E-state index contributed by atoms with van der Waals surface area (Å²) in [7, 11) is 5.53. The van der Waals surface area contributed by atoms with Gasteiger partial charge in [-0.05, 0) is 64.4 Å². The lowest BCUT2D eigenvalue weighted by Gasteiger charge is -2.27. The summed E-state index contributed by atoms with van der Waals surface area (Å²) in [5, 5.41) is 24.8. The van der Waals surface area contributed by atoms with E-state index in [1.165, 1.54) is 4.90 Å². The van der Waals surface area contributed by atoms with Gasteiger partial charge in [0.2, 0.25) is 0 Å². The Morgan fingerprint density at radius 3 is 2.45 bits per heavy atom. The molecule has 0 fully saturated rings. The molecule has 10 nitrogen and oxygen atoms in total. The molecule has 1 amide bonds. The number of ether oxygens (including phenoxy) is 2. The van der Waals surface area contributed by atoms with E-state index in [-0.39, 0.29) is 5.75 Å². The lowest BCUT2D eigenvalue weighted by molar-refractivity contribution is 0.0278. The Balaban J connectivity index is 1.71. The number of hydrogen-bond acceptors (Lipinski definition) is 8. The number of rotatable bonds is 8. The van der Waals surface area contributed by atoms with E-state index in [9.17, 15) is 9.90 Å². The number of amides is 1. The SMILES string of the molecule is Cc1nnc(N(C)C)c2nn(-c3ccccc3OC(CCN(C)C(=O)OC(C)(C)C)c3cccc(O)c3)c(C)c12. The van der Waals surface area contributed by atoms with Crippen LogP contribution in [-0.2, 0) is 4.74 Å². The van der Waals surface area contributed by atoms with Crippen molar-refractivity contribution in [1.82, 2.24) is 24.9 Å². The number of aromatic nitrogens is 4. The van der Waals surface area contributed by atoms with Crippen LogP contribution in [0.3, 0.4) is 0 Å². The summed E-state index contributed by atoms with van der Waals surface area (Å²) in [6.07, 6.45) is -0.410. The number of nitrogens with zero attached hydrogens (tertiary/aromatic N) is 6. The second-order valence-electron chi connectivity index (χ2n) is 11.1. The maximum Gasteiger partial charge on any atom is 0.410 e. The minimum atomic E-state index is -0.591. The van der Waals surface area contributed by atoms with Crippen LogP contribution in [0.5, 0.6) is 11.5 Å². The fourth-order valence-electron chi connectivity index (χ4n) is 4.49. The van der Waals surface area contributed by atoms with E-state index in [0.29, 0.717) is 24.5 Å². The third-order valence-electron chi connectivity index (χ3n) is 6.44. The van der Waals surface area contributed by atoms with Crippen LogP contribution in [0.15, 0.2) is 48.5 Å². The first-order valence-corrected chi connectivity index (χ1v) is 13.2. The van der Waals surface area contributed by atoms with Crippen molar-refractivity contribution in [1.29, 1.82) is 0 Å². The molecule has 2 aromatic heterocycles. The topological polar surface area (TPSA) is 106 Å². The number of benzene rings is 2. The molecule has 0 saturated carbocycles. The molecule has 0 bridgehead atoms. The molecule has 0 radical (unpaired) electrons. The van der Waals surface area contributed by atoms with Crippen molar-refractivity contribution in [3.63, 3.8) is 0 Å². The van der Waals surface area contributed by atoms with Gasteiger partial charge in [0, 0.05) is 34.1 Å². The maximum atomic E-state index is 12.6. The van der Waals surface area contributed by atoms with Crippen molar-refractivity contribution < 1.29 is 19.4 Å². The minimum absolute atomic E-state index is 0.140. The van der Waals surface area contributed by atoms with Gasteiger partial charge in [-0.3, -0.25) is 0 Å². The lowest BCUT2D eigenvalue weighted by Crippen LogP contribution is -2.35. The molecule has 2 aromatic carbocycles. The summed E-state index contributed by atoms with van der Waals surface area (Å²) >= 11 is 0. The Bertz CT molecular complexity index is 1510. The first kappa shape index (κ1) is 28.7. The van der Waals surface area contributed by atoms with Gasteiger partial charge in [-0.1, -0.05) is 24.3 Å². The molecule has 0 aliphatic heterocycles. The predicted octanol–water partition coefficient (Wildman–Crippen LogP) is 5.58. The van der Waals surface area contributed by atoms with Crippen LogP contribution in [0.4, 0.5) is 10.6 Å². The van der Waals surface area contributed by atoms with E-state index in [2.05, 4.69) is 10.2 Å². The van der Waals surface area contributed by atoms with E-state index >= 15 is 0 Å². The van der Waals surface area contributed by atoms with Crippen molar-refractivity contribution in [2.75, 3.05) is 32.6 Å². The summed E-state index contributed by atoms with van der Waals surface area (Å²) in [4.78, 5) is 16.0. The molecule has 2 heterocycles. The fraction of sp³-hybridized carbons (Fsp3) is 0.400. The second-order valence-corrected chi connectivity index (χ2v) is 11.1. The number of fused-ring (bicyclic) bond motifs is 1. The first-order chi connectivity index (χ1) is 18.9. The smallest absolute Gasteiger partial charge is 0.410 e. The summed E-state index contributed by atoms with van der Waals surface area (Å²) in [6.45, 7) is 9.82. The van der Waals surface area contributed by atoms with Crippen LogP contribution < -0.4 is 9.64 Å². The van der Waals surface area contributed by atoms with Crippen LogP contribution >= 0.6 is 0 Å². The van der Waals surface area contributed by atoms with Crippen molar-refractivity contribution in [2.45, 2.75) is 52.7 Å². The Hall–Kier alpha value is -4.34. The number of phenolic OH excluding ortho intramolecular Hbond substituents is 1. The Morgan fingerprint density at radius 2 is 1.77 bits per heavy atom. The Labute approximate surface area is 235 Å². The van der Waals surface area contributed by atoms with Crippen LogP contribution in [0.2, 0.25) is 0 Å². The molecule has 10 heteroatoms.